The SMILES string of the molecule is Cc1ccc(Oc2c3ccccc3cc[n+]2Cc2ccccc2)cc1.Fc1c(F)c(F)c([B-](c2c(F)c(F)c(F)c(F)c2F)(c2c(F)c(F)c(F)c(F)c2F)c2c(F)c(F)c(F)c(F)c2F)c(F)c1F. The molecule has 7 aromatic carbocycles. The zero-order valence-electron chi connectivity index (χ0n) is 34.4. The number of rotatable bonds is 8. The van der Waals surface area contributed by atoms with E-state index in [4.69, 9.17) is 4.74 Å². The standard InChI is InChI=1S/C24BF20.C23H20NO/c26-5-1(6(27)14(35)21(42)13(5)34)25(2-7(28)15(36)22(43)16(37)8(2)29,3-9(30)17(38)23(44)18(39)10(3)31)4-11(32)19(40)24(45)20(41)12(4)33;1-18-11-13-21(14-12-18)25-23-22-10-6-5-9-20(22)15-16-24(23)17-19-7-3-2-4-8-19/h;2-16H,17H2,1H3/q-1;+1. The van der Waals surface area contributed by atoms with Crippen LogP contribution in [0.25, 0.3) is 10.8 Å². The van der Waals surface area contributed by atoms with E-state index in [-0.39, 0.29) is 0 Å². The van der Waals surface area contributed by atoms with Gasteiger partial charge in [0.1, 0.15) is 58.4 Å². The molecule has 1 aromatic heterocycles. The minimum Gasteiger partial charge on any atom is -0.405 e. The summed E-state index contributed by atoms with van der Waals surface area (Å²) >= 11 is 0. The molecular formula is C47H20BF20NO. The normalized spacial score (nSPS) is 11.6. The Labute approximate surface area is 379 Å². The second kappa shape index (κ2) is 19.1. The highest BCUT2D eigenvalue weighted by atomic mass is 19.2. The average molecular weight is 1010 g/mol. The minimum absolute atomic E-state index is 0.771. The second-order valence-corrected chi connectivity index (χ2v) is 15.0. The minimum atomic E-state index is -7.22. The van der Waals surface area contributed by atoms with Crippen molar-refractivity contribution < 1.29 is 97.1 Å². The van der Waals surface area contributed by atoms with Crippen molar-refractivity contribution in [2.45, 2.75) is 13.5 Å². The monoisotopic (exact) mass is 1010 g/mol. The lowest BCUT2D eigenvalue weighted by molar-refractivity contribution is -0.691. The smallest absolute Gasteiger partial charge is 0.381 e. The molecule has 0 aliphatic carbocycles. The lowest BCUT2D eigenvalue weighted by atomic mass is 9.12. The molecule has 0 unspecified atom stereocenters. The Hall–Kier alpha value is -7.59. The molecule has 0 saturated heterocycles. The van der Waals surface area contributed by atoms with Gasteiger partial charge in [-0.2, -0.15) is 4.57 Å². The van der Waals surface area contributed by atoms with Gasteiger partial charge in [-0.3, -0.25) is 0 Å². The number of fused-ring (bicyclic) bond motifs is 1. The van der Waals surface area contributed by atoms with Crippen LogP contribution >= 0.6 is 0 Å². The molecule has 0 N–H and O–H groups in total. The van der Waals surface area contributed by atoms with Crippen molar-refractivity contribution in [1.82, 2.24) is 0 Å². The van der Waals surface area contributed by atoms with E-state index in [0.29, 0.717) is 0 Å². The highest BCUT2D eigenvalue weighted by molar-refractivity contribution is 7.20. The van der Waals surface area contributed by atoms with E-state index in [0.717, 1.165) is 23.6 Å². The first-order valence-corrected chi connectivity index (χ1v) is 19.4. The third-order valence-corrected chi connectivity index (χ3v) is 11.0. The van der Waals surface area contributed by atoms with Crippen LogP contribution in [0, 0.1) is 123 Å². The molecular weight excluding hydrogens is 985 g/mol. The highest BCUT2D eigenvalue weighted by Gasteiger charge is 2.52. The third-order valence-electron chi connectivity index (χ3n) is 11.0. The first kappa shape index (κ1) is 50.3. The molecule has 8 aromatic rings. The molecule has 2 nitrogen and oxygen atoms in total. The predicted molar refractivity (Wildman–Crippen MR) is 210 cm³/mol. The summed E-state index contributed by atoms with van der Waals surface area (Å²) in [6.07, 6.45) is -5.12. The van der Waals surface area contributed by atoms with E-state index in [1.54, 1.807) is 0 Å². The van der Waals surface area contributed by atoms with Crippen molar-refractivity contribution in [3.8, 4) is 11.6 Å². The number of hydrogen-bond donors (Lipinski definition) is 0. The quantitative estimate of drug-likeness (QED) is 0.0486. The zero-order chi connectivity index (χ0) is 51.4. The molecule has 0 radical (unpaired) electrons. The van der Waals surface area contributed by atoms with Crippen LogP contribution in [-0.4, -0.2) is 6.15 Å². The lowest BCUT2D eigenvalue weighted by Crippen LogP contribution is -2.81. The predicted octanol–water partition coefficient (Wildman–Crippen LogP) is 11.1. The van der Waals surface area contributed by atoms with Gasteiger partial charge in [0.25, 0.3) is 0 Å². The van der Waals surface area contributed by atoms with Crippen molar-refractivity contribution in [3.63, 3.8) is 0 Å². The van der Waals surface area contributed by atoms with Crippen LogP contribution in [0.4, 0.5) is 87.8 Å². The maximum Gasteiger partial charge on any atom is 0.381 e. The molecule has 1 heterocycles. The van der Waals surface area contributed by atoms with Gasteiger partial charge >= 0.3 is 5.88 Å². The fraction of sp³-hybridized carbons (Fsp3) is 0.0426. The van der Waals surface area contributed by atoms with Gasteiger partial charge in [0.2, 0.25) is 0 Å². The summed E-state index contributed by atoms with van der Waals surface area (Å²) in [5, 5.41) is 2.29. The second-order valence-electron chi connectivity index (χ2n) is 15.0. The Morgan fingerprint density at radius 1 is 0.357 bits per heavy atom. The maximum atomic E-state index is 15.4. The van der Waals surface area contributed by atoms with Gasteiger partial charge in [-0.05, 0) is 30.5 Å². The van der Waals surface area contributed by atoms with E-state index in [9.17, 15) is 52.7 Å². The fourth-order valence-electron chi connectivity index (χ4n) is 7.84. The summed E-state index contributed by atoms with van der Waals surface area (Å²) in [5.41, 5.74) is -11.9. The summed E-state index contributed by atoms with van der Waals surface area (Å²) in [6, 6.07) is 29.1. The average Bonchev–Trinajstić information content (AvgIpc) is 3.35. The van der Waals surface area contributed by atoms with Crippen LogP contribution in [-0.2, 0) is 6.54 Å². The number of nitrogens with zero attached hydrogens (tertiary/aromatic N) is 1. The first-order valence-electron chi connectivity index (χ1n) is 19.4. The Morgan fingerprint density at radius 3 is 1.03 bits per heavy atom. The number of ether oxygens (including phenoxy) is 1. The summed E-state index contributed by atoms with van der Waals surface area (Å²) in [5.74, 6) is -69.7. The van der Waals surface area contributed by atoms with E-state index in [1.807, 2.05) is 18.2 Å². The van der Waals surface area contributed by atoms with Gasteiger partial charge in [0, 0.05) is 11.6 Å². The molecule has 0 bridgehead atoms. The summed E-state index contributed by atoms with van der Waals surface area (Å²) < 4.78 is 302. The molecule has 0 atom stereocenters. The summed E-state index contributed by atoms with van der Waals surface area (Å²) in [4.78, 5) is 0. The molecule has 0 fully saturated rings. The molecule has 0 saturated carbocycles. The maximum absolute atomic E-state index is 15.4. The zero-order valence-corrected chi connectivity index (χ0v) is 34.4. The Balaban J connectivity index is 0.000000242. The van der Waals surface area contributed by atoms with Crippen molar-refractivity contribution in [3.05, 3.63) is 219 Å². The molecule has 0 amide bonds. The Morgan fingerprint density at radius 2 is 0.671 bits per heavy atom. The van der Waals surface area contributed by atoms with Crippen LogP contribution in [0.5, 0.6) is 11.6 Å². The van der Waals surface area contributed by atoms with Crippen LogP contribution in [0.3, 0.4) is 0 Å². The molecule has 0 aliphatic rings. The summed E-state index contributed by atoms with van der Waals surface area (Å²) in [7, 11) is 0. The van der Waals surface area contributed by atoms with Gasteiger partial charge < -0.3 is 4.74 Å². The van der Waals surface area contributed by atoms with E-state index < -0.39 is 144 Å². The number of pyridine rings is 1. The van der Waals surface area contributed by atoms with Gasteiger partial charge in [-0.15, -0.1) is 21.9 Å². The van der Waals surface area contributed by atoms with Gasteiger partial charge in [-0.25, -0.2) is 87.8 Å². The number of aryl methyl sites for hydroxylation is 1. The number of aromatic nitrogens is 1. The largest absolute Gasteiger partial charge is 0.405 e. The number of hydrogen-bond acceptors (Lipinski definition) is 1. The number of benzene rings is 7. The fourth-order valence-corrected chi connectivity index (χ4v) is 7.84. The van der Waals surface area contributed by atoms with Crippen LogP contribution < -0.4 is 31.2 Å². The van der Waals surface area contributed by atoms with Crippen LogP contribution in [0.15, 0.2) is 91.1 Å². The lowest BCUT2D eigenvalue weighted by Gasteiger charge is -2.44. The van der Waals surface area contributed by atoms with Crippen LogP contribution in [0.2, 0.25) is 0 Å². The molecule has 70 heavy (non-hydrogen) atoms. The third kappa shape index (κ3) is 8.09. The molecule has 362 valence electrons. The number of halogens is 20. The molecule has 0 aliphatic heterocycles. The van der Waals surface area contributed by atoms with Gasteiger partial charge in [0.05, 0.1) is 5.39 Å². The molecule has 8 rings (SSSR count). The first-order chi connectivity index (χ1) is 33.0. The van der Waals surface area contributed by atoms with Crippen molar-refractivity contribution in [2.75, 3.05) is 0 Å². The Kier molecular flexibility index (Phi) is 13.7. The molecule has 23 heteroatoms. The highest BCUT2D eigenvalue weighted by Crippen LogP contribution is 2.32. The Bertz CT molecular complexity index is 3010. The van der Waals surface area contributed by atoms with E-state index in [1.165, 1.54) is 16.5 Å². The van der Waals surface area contributed by atoms with Gasteiger partial charge in [-0.1, -0.05) is 66.2 Å². The van der Waals surface area contributed by atoms with Crippen LogP contribution in [0.1, 0.15) is 11.1 Å². The van der Waals surface area contributed by atoms with Crippen molar-refractivity contribution in [2.24, 2.45) is 0 Å². The van der Waals surface area contributed by atoms with Crippen molar-refractivity contribution in [1.29, 1.82) is 0 Å². The summed E-state index contributed by atoms with van der Waals surface area (Å²) in [6.45, 7) is 2.85. The van der Waals surface area contributed by atoms with Gasteiger partial charge in [0.15, 0.2) is 82.5 Å². The van der Waals surface area contributed by atoms with Crippen molar-refractivity contribution >= 4 is 38.8 Å². The van der Waals surface area contributed by atoms with E-state index >= 15 is 35.1 Å². The topological polar surface area (TPSA) is 13.1 Å². The molecule has 0 spiro atoms. The van der Waals surface area contributed by atoms with E-state index in [2.05, 4.69) is 84.4 Å².